The average Bonchev–Trinajstić information content (AvgIpc) is 2.66. The Morgan fingerprint density at radius 3 is 2.63 bits per heavy atom. The number of carbonyl (C=O) groups excluding carboxylic acids is 3. The number of ether oxygens (including phenoxy) is 1. The predicted octanol–water partition coefficient (Wildman–Crippen LogP) is 1.06. The topological polar surface area (TPSA) is 75.7 Å². The zero-order valence-electron chi connectivity index (χ0n) is 10.5. The number of hydrogen-bond donors (Lipinski definition) is 1. The van der Waals surface area contributed by atoms with Crippen molar-refractivity contribution in [3.05, 3.63) is 30.3 Å². The molecule has 1 aromatic carbocycles. The van der Waals surface area contributed by atoms with Crippen LogP contribution in [0.1, 0.15) is 13.3 Å². The van der Waals surface area contributed by atoms with Crippen LogP contribution in [0.5, 0.6) is 0 Å². The van der Waals surface area contributed by atoms with Crippen LogP contribution in [0.4, 0.5) is 10.5 Å². The highest BCUT2D eigenvalue weighted by molar-refractivity contribution is 6.21. The number of imide groups is 1. The van der Waals surface area contributed by atoms with Gasteiger partial charge in [-0.25, -0.2) is 9.69 Å². The van der Waals surface area contributed by atoms with E-state index in [4.69, 9.17) is 4.74 Å². The molecule has 0 bridgehead atoms. The zero-order valence-corrected chi connectivity index (χ0v) is 10.5. The van der Waals surface area contributed by atoms with Crippen LogP contribution in [0.3, 0.4) is 0 Å². The van der Waals surface area contributed by atoms with Gasteiger partial charge in [-0.2, -0.15) is 0 Å². The van der Waals surface area contributed by atoms with Crippen molar-refractivity contribution < 1.29 is 19.1 Å². The van der Waals surface area contributed by atoms with Gasteiger partial charge in [0, 0.05) is 0 Å². The Labute approximate surface area is 110 Å². The lowest BCUT2D eigenvalue weighted by Crippen LogP contribution is -2.33. The Bertz CT molecular complexity index is 501. The number of anilines is 1. The normalized spacial score (nSPS) is 18.4. The van der Waals surface area contributed by atoms with E-state index >= 15 is 0 Å². The van der Waals surface area contributed by atoms with Crippen LogP contribution >= 0.6 is 0 Å². The predicted molar refractivity (Wildman–Crippen MR) is 67.5 cm³/mol. The number of hydrogen-bond acceptors (Lipinski definition) is 4. The number of esters is 1. The number of nitrogens with zero attached hydrogens (tertiary/aromatic N) is 1. The molecule has 1 aliphatic heterocycles. The van der Waals surface area contributed by atoms with Crippen molar-refractivity contribution in [3.63, 3.8) is 0 Å². The molecule has 2 rings (SSSR count). The van der Waals surface area contributed by atoms with Crippen LogP contribution in [0.25, 0.3) is 0 Å². The first-order valence-electron chi connectivity index (χ1n) is 5.98. The van der Waals surface area contributed by atoms with Gasteiger partial charge in [0.1, 0.15) is 6.04 Å². The Morgan fingerprint density at radius 1 is 1.32 bits per heavy atom. The van der Waals surface area contributed by atoms with Crippen molar-refractivity contribution in [1.29, 1.82) is 0 Å². The second kappa shape index (κ2) is 5.51. The monoisotopic (exact) mass is 262 g/mol. The molecule has 1 fully saturated rings. The van der Waals surface area contributed by atoms with Crippen molar-refractivity contribution >= 4 is 23.6 Å². The van der Waals surface area contributed by atoms with Gasteiger partial charge in [0.25, 0.3) is 5.91 Å². The van der Waals surface area contributed by atoms with E-state index in [2.05, 4.69) is 5.32 Å². The van der Waals surface area contributed by atoms with E-state index in [0.29, 0.717) is 5.69 Å². The number of para-hydroxylation sites is 1. The SMILES string of the molecule is CCOC(=O)CC1NC(=O)N(c2ccccc2)C1=O. The van der Waals surface area contributed by atoms with Crippen LogP contribution in [-0.4, -0.2) is 30.6 Å². The van der Waals surface area contributed by atoms with Crippen molar-refractivity contribution in [3.8, 4) is 0 Å². The van der Waals surface area contributed by atoms with Gasteiger partial charge in [-0.15, -0.1) is 0 Å². The van der Waals surface area contributed by atoms with Gasteiger partial charge < -0.3 is 10.1 Å². The number of carbonyl (C=O) groups is 3. The van der Waals surface area contributed by atoms with E-state index in [-0.39, 0.29) is 13.0 Å². The molecular formula is C13H14N2O4. The van der Waals surface area contributed by atoms with Gasteiger partial charge in [0.05, 0.1) is 18.7 Å². The molecule has 1 aromatic rings. The lowest BCUT2D eigenvalue weighted by Gasteiger charge is -2.12. The number of rotatable bonds is 4. The van der Waals surface area contributed by atoms with Gasteiger partial charge in [-0.05, 0) is 19.1 Å². The molecule has 0 radical (unpaired) electrons. The lowest BCUT2D eigenvalue weighted by atomic mass is 10.2. The van der Waals surface area contributed by atoms with E-state index in [1.54, 1.807) is 37.3 Å². The van der Waals surface area contributed by atoms with Crippen LogP contribution < -0.4 is 10.2 Å². The van der Waals surface area contributed by atoms with Gasteiger partial charge in [0.15, 0.2) is 0 Å². The van der Waals surface area contributed by atoms with Crippen LogP contribution in [0.15, 0.2) is 30.3 Å². The molecule has 0 aliphatic carbocycles. The van der Waals surface area contributed by atoms with E-state index < -0.39 is 23.9 Å². The first kappa shape index (κ1) is 13.1. The summed E-state index contributed by atoms with van der Waals surface area (Å²) in [7, 11) is 0. The minimum atomic E-state index is -0.855. The molecule has 1 aliphatic rings. The van der Waals surface area contributed by atoms with Crippen molar-refractivity contribution in [2.75, 3.05) is 11.5 Å². The first-order chi connectivity index (χ1) is 9.13. The molecule has 0 spiro atoms. The standard InChI is InChI=1S/C13H14N2O4/c1-2-19-11(16)8-10-12(17)15(13(18)14-10)9-6-4-3-5-7-9/h3-7,10H,2,8H2,1H3,(H,14,18). The lowest BCUT2D eigenvalue weighted by molar-refractivity contribution is -0.144. The maximum Gasteiger partial charge on any atom is 0.329 e. The fourth-order valence-corrected chi connectivity index (χ4v) is 1.88. The van der Waals surface area contributed by atoms with Crippen LogP contribution in [-0.2, 0) is 14.3 Å². The van der Waals surface area contributed by atoms with Crippen LogP contribution in [0, 0.1) is 0 Å². The van der Waals surface area contributed by atoms with Crippen molar-refractivity contribution in [2.24, 2.45) is 0 Å². The van der Waals surface area contributed by atoms with E-state index in [9.17, 15) is 14.4 Å². The summed E-state index contributed by atoms with van der Waals surface area (Å²) in [6, 6.07) is 7.19. The maximum absolute atomic E-state index is 12.1. The summed E-state index contributed by atoms with van der Waals surface area (Å²) in [4.78, 5) is 36.2. The molecule has 1 atom stereocenters. The number of nitrogens with one attached hydrogen (secondary N) is 1. The van der Waals surface area contributed by atoms with Gasteiger partial charge in [-0.1, -0.05) is 18.2 Å². The third-order valence-electron chi connectivity index (χ3n) is 2.71. The number of urea groups is 1. The molecule has 0 aromatic heterocycles. The second-order valence-electron chi connectivity index (χ2n) is 4.02. The van der Waals surface area contributed by atoms with Crippen molar-refractivity contribution in [1.82, 2.24) is 5.32 Å². The van der Waals surface area contributed by atoms with E-state index in [1.165, 1.54) is 0 Å². The van der Waals surface area contributed by atoms with E-state index in [1.807, 2.05) is 0 Å². The van der Waals surface area contributed by atoms with Gasteiger partial charge in [0.2, 0.25) is 0 Å². The number of amides is 3. The van der Waals surface area contributed by atoms with E-state index in [0.717, 1.165) is 4.90 Å². The highest BCUT2D eigenvalue weighted by atomic mass is 16.5. The van der Waals surface area contributed by atoms with Crippen molar-refractivity contribution in [2.45, 2.75) is 19.4 Å². The third-order valence-corrected chi connectivity index (χ3v) is 2.71. The highest BCUT2D eigenvalue weighted by Crippen LogP contribution is 2.20. The Balaban J connectivity index is 2.11. The molecule has 3 amide bonds. The quantitative estimate of drug-likeness (QED) is 0.650. The molecule has 1 saturated heterocycles. The molecule has 6 nitrogen and oxygen atoms in total. The summed E-state index contributed by atoms with van der Waals surface area (Å²) in [5.41, 5.74) is 0.483. The summed E-state index contributed by atoms with van der Waals surface area (Å²) in [5.74, 6) is -0.944. The fourth-order valence-electron chi connectivity index (χ4n) is 1.88. The summed E-state index contributed by atoms with van der Waals surface area (Å²) < 4.78 is 4.77. The van der Waals surface area contributed by atoms with Gasteiger partial charge in [-0.3, -0.25) is 9.59 Å². The fraction of sp³-hybridized carbons (Fsp3) is 0.308. The third kappa shape index (κ3) is 2.73. The summed E-state index contributed by atoms with van der Waals surface area (Å²) >= 11 is 0. The second-order valence-corrected chi connectivity index (χ2v) is 4.02. The first-order valence-corrected chi connectivity index (χ1v) is 5.98. The minimum Gasteiger partial charge on any atom is -0.466 e. The molecule has 6 heteroatoms. The summed E-state index contributed by atoms with van der Waals surface area (Å²) in [6.07, 6.45) is -0.151. The summed E-state index contributed by atoms with van der Waals surface area (Å²) in [5, 5.41) is 2.48. The molecule has 100 valence electrons. The molecule has 19 heavy (non-hydrogen) atoms. The maximum atomic E-state index is 12.1. The Morgan fingerprint density at radius 2 is 2.00 bits per heavy atom. The number of benzene rings is 1. The zero-order chi connectivity index (χ0) is 13.8. The molecule has 0 saturated carbocycles. The highest BCUT2D eigenvalue weighted by Gasteiger charge is 2.40. The Kier molecular flexibility index (Phi) is 3.79. The van der Waals surface area contributed by atoms with Gasteiger partial charge >= 0.3 is 12.0 Å². The molecule has 1 unspecified atom stereocenters. The largest absolute Gasteiger partial charge is 0.466 e. The molecule has 1 heterocycles. The average molecular weight is 262 g/mol. The van der Waals surface area contributed by atoms with Crippen LogP contribution in [0.2, 0.25) is 0 Å². The molecular weight excluding hydrogens is 248 g/mol. The minimum absolute atomic E-state index is 0.151. The summed E-state index contributed by atoms with van der Waals surface area (Å²) in [6.45, 7) is 1.93. The Hall–Kier alpha value is -2.37. The smallest absolute Gasteiger partial charge is 0.329 e. The molecule has 1 N–H and O–H groups in total.